The number of carboxylic acids is 1. The first-order valence-electron chi connectivity index (χ1n) is 13.1. The number of hydrogen-bond acceptors (Lipinski definition) is 4. The van der Waals surface area contributed by atoms with E-state index in [0.29, 0.717) is 40.5 Å². The van der Waals surface area contributed by atoms with Crippen molar-refractivity contribution in [3.05, 3.63) is 58.7 Å². The number of nitrogens with one attached hydrogen (secondary N) is 1. The summed E-state index contributed by atoms with van der Waals surface area (Å²) in [4.78, 5) is 25.7. The summed E-state index contributed by atoms with van der Waals surface area (Å²) >= 11 is 6.51. The van der Waals surface area contributed by atoms with Gasteiger partial charge in [-0.15, -0.1) is 0 Å². The van der Waals surface area contributed by atoms with Gasteiger partial charge in [-0.1, -0.05) is 23.7 Å². The number of carboxylic acid groups (broad SMARTS) is 1. The summed E-state index contributed by atoms with van der Waals surface area (Å²) in [5, 5.41) is 17.6. The molecule has 0 atom stereocenters. The predicted molar refractivity (Wildman–Crippen MR) is 142 cm³/mol. The molecule has 3 aromatic rings. The van der Waals surface area contributed by atoms with Gasteiger partial charge in [-0.25, -0.2) is 0 Å². The van der Waals surface area contributed by atoms with Gasteiger partial charge in [-0.05, 0) is 67.3 Å². The van der Waals surface area contributed by atoms with Gasteiger partial charge in [0.1, 0.15) is 0 Å². The number of alkyl halides is 3. The maximum absolute atomic E-state index is 13.1. The smallest absolute Gasteiger partial charge is 0.395 e. The number of carbonyl (C=O) groups excluding carboxylic acids is 1. The molecule has 1 aromatic heterocycles. The number of benzene rings is 2. The maximum atomic E-state index is 13.1. The number of amides is 1. The Morgan fingerprint density at radius 3 is 2.33 bits per heavy atom. The second kappa shape index (κ2) is 11.1. The van der Waals surface area contributed by atoms with E-state index >= 15 is 0 Å². The zero-order valence-electron chi connectivity index (χ0n) is 21.3. The summed E-state index contributed by atoms with van der Waals surface area (Å²) in [6.45, 7) is 0.863. The van der Waals surface area contributed by atoms with Gasteiger partial charge < -0.3 is 15.3 Å². The summed E-state index contributed by atoms with van der Waals surface area (Å²) in [5.74, 6) is -1.71. The van der Waals surface area contributed by atoms with E-state index in [4.69, 9.17) is 16.7 Å². The van der Waals surface area contributed by atoms with Crippen LogP contribution in [0.25, 0.3) is 10.9 Å². The third-order valence-electron chi connectivity index (χ3n) is 7.96. The topological polar surface area (TPSA) is 87.5 Å². The summed E-state index contributed by atoms with van der Waals surface area (Å²) < 4.78 is 40.1. The molecule has 2 aromatic carbocycles. The van der Waals surface area contributed by atoms with Gasteiger partial charge >= 0.3 is 12.1 Å². The monoisotopic (exact) mass is 562 g/mol. The molecule has 7 nitrogen and oxygen atoms in total. The number of nitrogens with zero attached hydrogens (tertiary/aromatic N) is 3. The quantitative estimate of drug-likeness (QED) is 0.365. The SMILES string of the molecule is O=C(O)CC1CCC(CNC(=O)c2ccc(Cl)c3c2cnn3Cc2ccc(N3CC(C(F)(F)F)C3)cc2)CC1. The summed E-state index contributed by atoms with van der Waals surface area (Å²) in [6.07, 6.45) is 1.18. The summed E-state index contributed by atoms with van der Waals surface area (Å²) in [6, 6.07) is 10.7. The van der Waals surface area contributed by atoms with E-state index in [1.807, 2.05) is 24.3 Å². The lowest BCUT2D eigenvalue weighted by Crippen LogP contribution is -2.53. The normalized spacial score (nSPS) is 20.2. The van der Waals surface area contributed by atoms with Crippen molar-refractivity contribution in [3.63, 3.8) is 0 Å². The van der Waals surface area contributed by atoms with Gasteiger partial charge in [0.15, 0.2) is 0 Å². The van der Waals surface area contributed by atoms with Crippen molar-refractivity contribution >= 4 is 40.1 Å². The van der Waals surface area contributed by atoms with Crippen molar-refractivity contribution in [2.45, 2.75) is 44.8 Å². The lowest BCUT2D eigenvalue weighted by molar-refractivity contribution is -0.180. The fourth-order valence-corrected chi connectivity index (χ4v) is 5.84. The van der Waals surface area contributed by atoms with Crippen LogP contribution in [0.4, 0.5) is 18.9 Å². The molecule has 1 saturated heterocycles. The van der Waals surface area contributed by atoms with Crippen LogP contribution in [0.5, 0.6) is 0 Å². The van der Waals surface area contributed by atoms with Gasteiger partial charge in [0.2, 0.25) is 0 Å². The second-order valence-corrected chi connectivity index (χ2v) is 11.1. The van der Waals surface area contributed by atoms with Crippen molar-refractivity contribution in [2.75, 3.05) is 24.5 Å². The van der Waals surface area contributed by atoms with Crippen molar-refractivity contribution in [1.82, 2.24) is 15.1 Å². The van der Waals surface area contributed by atoms with Crippen LogP contribution in [0.2, 0.25) is 5.02 Å². The van der Waals surface area contributed by atoms with Gasteiger partial charge in [0.25, 0.3) is 5.91 Å². The van der Waals surface area contributed by atoms with Crippen LogP contribution in [0, 0.1) is 17.8 Å². The van der Waals surface area contributed by atoms with E-state index in [-0.39, 0.29) is 31.3 Å². The van der Waals surface area contributed by atoms with Gasteiger partial charge in [-0.3, -0.25) is 14.3 Å². The summed E-state index contributed by atoms with van der Waals surface area (Å²) in [5.41, 5.74) is 2.77. The average molecular weight is 563 g/mol. The maximum Gasteiger partial charge on any atom is 0.395 e. The Labute approximate surface area is 228 Å². The second-order valence-electron chi connectivity index (χ2n) is 10.7. The molecular formula is C28H30ClF3N4O3. The standard InChI is InChI=1S/C28H30ClF3N4O3/c29-24-10-9-22(27(39)33-12-18-3-1-17(2-4-18)11-25(37)38)23-13-34-36(26(23)24)14-19-5-7-21(8-6-19)35-15-20(16-35)28(30,31)32/h5-10,13,17-18,20H,1-4,11-12,14-16H2,(H,33,39)(H,37,38). The van der Waals surface area contributed by atoms with Crippen LogP contribution in [0.3, 0.4) is 0 Å². The first-order chi connectivity index (χ1) is 18.6. The van der Waals surface area contributed by atoms with E-state index in [9.17, 15) is 22.8 Å². The molecule has 1 amide bonds. The van der Waals surface area contributed by atoms with E-state index in [1.54, 1.807) is 27.9 Å². The van der Waals surface area contributed by atoms with Gasteiger partial charge in [-0.2, -0.15) is 18.3 Å². The van der Waals surface area contributed by atoms with Crippen LogP contribution >= 0.6 is 11.6 Å². The molecule has 2 aliphatic rings. The Hall–Kier alpha value is -3.27. The fraction of sp³-hybridized carbons (Fsp3) is 0.464. The molecule has 5 rings (SSSR count). The number of aromatic nitrogens is 2. The highest BCUT2D eigenvalue weighted by molar-refractivity contribution is 6.35. The molecular weight excluding hydrogens is 533 g/mol. The molecule has 0 bridgehead atoms. The highest BCUT2D eigenvalue weighted by Crippen LogP contribution is 2.36. The molecule has 1 aliphatic carbocycles. The number of fused-ring (bicyclic) bond motifs is 1. The number of halogens is 4. The minimum atomic E-state index is -4.16. The first kappa shape index (κ1) is 27.3. The molecule has 1 saturated carbocycles. The Kier molecular flexibility index (Phi) is 7.75. The molecule has 2 N–H and O–H groups in total. The van der Waals surface area contributed by atoms with Crippen LogP contribution in [-0.4, -0.2) is 52.6 Å². The Morgan fingerprint density at radius 2 is 1.69 bits per heavy atom. The molecule has 0 radical (unpaired) electrons. The highest BCUT2D eigenvalue weighted by atomic mass is 35.5. The van der Waals surface area contributed by atoms with Crippen LogP contribution in [0.1, 0.15) is 48.0 Å². The van der Waals surface area contributed by atoms with E-state index in [1.165, 1.54) is 0 Å². The molecule has 0 spiro atoms. The third kappa shape index (κ3) is 6.16. The van der Waals surface area contributed by atoms with Gasteiger partial charge in [0.05, 0.1) is 34.8 Å². The lowest BCUT2D eigenvalue weighted by atomic mass is 9.80. The van der Waals surface area contributed by atoms with E-state index < -0.39 is 18.1 Å². The van der Waals surface area contributed by atoms with Crippen LogP contribution < -0.4 is 10.2 Å². The van der Waals surface area contributed by atoms with E-state index in [0.717, 1.165) is 36.9 Å². The Morgan fingerprint density at radius 1 is 1.03 bits per heavy atom. The predicted octanol–water partition coefficient (Wildman–Crippen LogP) is 5.75. The fourth-order valence-electron chi connectivity index (χ4n) is 5.58. The molecule has 2 heterocycles. The van der Waals surface area contributed by atoms with E-state index in [2.05, 4.69) is 10.4 Å². The minimum Gasteiger partial charge on any atom is -0.481 e. The number of carbonyl (C=O) groups is 2. The number of rotatable bonds is 8. The molecule has 0 unspecified atom stereocenters. The Bertz CT molecular complexity index is 1340. The zero-order valence-corrected chi connectivity index (χ0v) is 22.0. The van der Waals surface area contributed by atoms with Crippen molar-refractivity contribution < 1.29 is 27.9 Å². The minimum absolute atomic E-state index is 0.0287. The number of anilines is 1. The largest absolute Gasteiger partial charge is 0.481 e. The van der Waals surface area contributed by atoms with Crippen molar-refractivity contribution in [2.24, 2.45) is 17.8 Å². The number of hydrogen-bond donors (Lipinski definition) is 2. The summed E-state index contributed by atoms with van der Waals surface area (Å²) in [7, 11) is 0. The molecule has 39 heavy (non-hydrogen) atoms. The molecule has 11 heteroatoms. The average Bonchev–Trinajstić information content (AvgIpc) is 3.27. The zero-order chi connectivity index (χ0) is 27.7. The third-order valence-corrected chi connectivity index (χ3v) is 8.26. The van der Waals surface area contributed by atoms with Crippen LogP contribution in [-0.2, 0) is 11.3 Å². The lowest BCUT2D eigenvalue weighted by Gasteiger charge is -2.41. The van der Waals surface area contributed by atoms with Gasteiger partial charge in [0, 0.05) is 37.1 Å². The molecule has 1 aliphatic heterocycles. The van der Waals surface area contributed by atoms with Crippen molar-refractivity contribution in [1.29, 1.82) is 0 Å². The van der Waals surface area contributed by atoms with Crippen molar-refractivity contribution in [3.8, 4) is 0 Å². The molecule has 208 valence electrons. The highest BCUT2D eigenvalue weighted by Gasteiger charge is 2.47. The first-order valence-corrected chi connectivity index (χ1v) is 13.5. The van der Waals surface area contributed by atoms with Crippen LogP contribution in [0.15, 0.2) is 42.6 Å². The Balaban J connectivity index is 1.21. The molecule has 2 fully saturated rings. The number of aliphatic carboxylic acids is 1.